The van der Waals surface area contributed by atoms with Crippen LogP contribution in [0, 0.1) is 0 Å². The average Bonchev–Trinajstić information content (AvgIpc) is 2.37. The molecule has 16 nitrogen and oxygen atoms in total. The SMILES string of the molecule is COS(=O)(=O)O.COS(=O)(=O)O.COS(=O)(=O)O.COS(=O)(=O)O. The van der Waals surface area contributed by atoms with Crippen molar-refractivity contribution < 1.29 is 68.6 Å². The van der Waals surface area contributed by atoms with Crippen molar-refractivity contribution in [1.82, 2.24) is 0 Å². The van der Waals surface area contributed by atoms with Gasteiger partial charge in [0.1, 0.15) is 0 Å². The molecule has 0 unspecified atom stereocenters. The van der Waals surface area contributed by atoms with Crippen molar-refractivity contribution in [3.63, 3.8) is 0 Å². The highest BCUT2D eigenvalue weighted by Gasteiger charge is 1.95. The van der Waals surface area contributed by atoms with E-state index in [0.29, 0.717) is 0 Å². The van der Waals surface area contributed by atoms with Gasteiger partial charge in [-0.2, -0.15) is 33.7 Å². The molecule has 0 aromatic carbocycles. The van der Waals surface area contributed by atoms with Crippen molar-refractivity contribution in [3.05, 3.63) is 0 Å². The Hall–Kier alpha value is -0.520. The molecular formula is C4H16O16S4. The van der Waals surface area contributed by atoms with Crippen molar-refractivity contribution in [2.45, 2.75) is 0 Å². The summed E-state index contributed by atoms with van der Waals surface area (Å²) in [6, 6.07) is 0. The van der Waals surface area contributed by atoms with E-state index in [0.717, 1.165) is 28.4 Å². The Kier molecular flexibility index (Phi) is 17.9. The molecule has 0 aliphatic carbocycles. The molecule has 0 heterocycles. The average molecular weight is 448 g/mol. The minimum Gasteiger partial charge on any atom is -0.264 e. The van der Waals surface area contributed by atoms with Gasteiger partial charge in [0.15, 0.2) is 0 Å². The van der Waals surface area contributed by atoms with Crippen LogP contribution in [0.5, 0.6) is 0 Å². The second kappa shape index (κ2) is 13.7. The monoisotopic (exact) mass is 448 g/mol. The summed E-state index contributed by atoms with van der Waals surface area (Å²) in [4.78, 5) is 0. The van der Waals surface area contributed by atoms with E-state index in [-0.39, 0.29) is 0 Å². The van der Waals surface area contributed by atoms with E-state index in [4.69, 9.17) is 18.2 Å². The minimum absolute atomic E-state index is 0.870. The summed E-state index contributed by atoms with van der Waals surface area (Å²) in [5, 5.41) is 0. The fourth-order valence-corrected chi connectivity index (χ4v) is 0. The zero-order valence-electron chi connectivity index (χ0n) is 12.3. The lowest BCUT2D eigenvalue weighted by Gasteiger charge is -1.82. The first-order chi connectivity index (χ1) is 10.2. The zero-order chi connectivity index (χ0) is 20.8. The molecule has 0 amide bonds. The summed E-state index contributed by atoms with van der Waals surface area (Å²) in [6.45, 7) is 0. The molecule has 4 N–H and O–H groups in total. The van der Waals surface area contributed by atoms with Crippen molar-refractivity contribution in [1.29, 1.82) is 0 Å². The lowest BCUT2D eigenvalue weighted by atomic mass is 11.8. The maximum absolute atomic E-state index is 9.33. The molecule has 0 atom stereocenters. The number of hydrogen-bond donors (Lipinski definition) is 4. The molecule has 0 saturated heterocycles. The highest BCUT2D eigenvalue weighted by Crippen LogP contribution is 1.76. The minimum atomic E-state index is -4.16. The van der Waals surface area contributed by atoms with Gasteiger partial charge in [-0.25, -0.2) is 0 Å². The predicted octanol–water partition coefficient (Wildman–Crippen LogP) is -2.26. The van der Waals surface area contributed by atoms with E-state index in [1.54, 1.807) is 0 Å². The Bertz CT molecular complexity index is 566. The van der Waals surface area contributed by atoms with Crippen LogP contribution < -0.4 is 0 Å². The van der Waals surface area contributed by atoms with E-state index in [9.17, 15) is 33.7 Å². The van der Waals surface area contributed by atoms with E-state index < -0.39 is 41.6 Å². The van der Waals surface area contributed by atoms with Crippen LogP contribution in [0.3, 0.4) is 0 Å². The Morgan fingerprint density at radius 1 is 0.417 bits per heavy atom. The van der Waals surface area contributed by atoms with Gasteiger partial charge in [0.2, 0.25) is 0 Å². The zero-order valence-corrected chi connectivity index (χ0v) is 15.6. The fourth-order valence-electron chi connectivity index (χ4n) is 0. The molecule has 0 fully saturated rings. The van der Waals surface area contributed by atoms with Crippen LogP contribution in [0.25, 0.3) is 0 Å². The second-order valence-corrected chi connectivity index (χ2v) is 7.13. The summed E-state index contributed by atoms with van der Waals surface area (Å²) in [5.41, 5.74) is 0. The molecule has 0 aromatic rings. The molecule has 0 rings (SSSR count). The lowest BCUT2D eigenvalue weighted by molar-refractivity contribution is 0.323. The predicted molar refractivity (Wildman–Crippen MR) is 74.2 cm³/mol. The van der Waals surface area contributed by atoms with Crippen LogP contribution >= 0.6 is 0 Å². The van der Waals surface area contributed by atoms with Crippen LogP contribution in [-0.4, -0.2) is 80.3 Å². The van der Waals surface area contributed by atoms with Crippen molar-refractivity contribution >= 4 is 41.6 Å². The summed E-state index contributed by atoms with van der Waals surface area (Å²) >= 11 is 0. The Balaban J connectivity index is -0.000000111. The van der Waals surface area contributed by atoms with Gasteiger partial charge < -0.3 is 0 Å². The van der Waals surface area contributed by atoms with Crippen LogP contribution in [0.4, 0.5) is 0 Å². The normalized spacial score (nSPS) is 11.7. The fraction of sp³-hybridized carbons (Fsp3) is 1.00. The van der Waals surface area contributed by atoms with Gasteiger partial charge in [-0.1, -0.05) is 0 Å². The maximum atomic E-state index is 9.33. The van der Waals surface area contributed by atoms with Gasteiger partial charge in [0.05, 0.1) is 28.4 Å². The number of rotatable bonds is 4. The van der Waals surface area contributed by atoms with Gasteiger partial charge in [-0.05, 0) is 0 Å². The first-order valence-electron chi connectivity index (χ1n) is 4.36. The number of hydrogen-bond acceptors (Lipinski definition) is 12. The Morgan fingerprint density at radius 3 is 0.458 bits per heavy atom. The van der Waals surface area contributed by atoms with Gasteiger partial charge in [0.25, 0.3) is 0 Å². The van der Waals surface area contributed by atoms with E-state index in [1.807, 2.05) is 0 Å². The van der Waals surface area contributed by atoms with E-state index >= 15 is 0 Å². The third-order valence-electron chi connectivity index (χ3n) is 0.842. The maximum Gasteiger partial charge on any atom is 0.397 e. The lowest BCUT2D eigenvalue weighted by Crippen LogP contribution is -1.96. The molecule has 152 valence electrons. The summed E-state index contributed by atoms with van der Waals surface area (Å²) in [6.07, 6.45) is 0. The van der Waals surface area contributed by atoms with Gasteiger partial charge in [0, 0.05) is 0 Å². The molecule has 24 heavy (non-hydrogen) atoms. The molecular weight excluding hydrogens is 432 g/mol. The molecule has 0 spiro atoms. The summed E-state index contributed by atoms with van der Waals surface area (Å²) in [5.74, 6) is 0. The largest absolute Gasteiger partial charge is 0.397 e. The van der Waals surface area contributed by atoms with Crippen molar-refractivity contribution in [2.24, 2.45) is 0 Å². The quantitative estimate of drug-likeness (QED) is 0.331. The summed E-state index contributed by atoms with van der Waals surface area (Å²) < 4.78 is 119. The third kappa shape index (κ3) is 68.4. The molecule has 20 heteroatoms. The summed E-state index contributed by atoms with van der Waals surface area (Å²) in [7, 11) is -13.2. The van der Waals surface area contributed by atoms with E-state index in [1.165, 1.54) is 0 Å². The van der Waals surface area contributed by atoms with Gasteiger partial charge >= 0.3 is 41.6 Å². The third-order valence-corrected chi connectivity index (χ3v) is 2.53. The topological polar surface area (TPSA) is 254 Å². The molecule has 0 aliphatic heterocycles. The van der Waals surface area contributed by atoms with Crippen LogP contribution in [0.1, 0.15) is 0 Å². The van der Waals surface area contributed by atoms with Crippen molar-refractivity contribution in [3.8, 4) is 0 Å². The van der Waals surface area contributed by atoms with Crippen LogP contribution in [-0.2, 0) is 58.3 Å². The Labute approximate surface area is 139 Å². The highest BCUT2D eigenvalue weighted by atomic mass is 32.3. The molecule has 0 bridgehead atoms. The first-order valence-corrected chi connectivity index (χ1v) is 9.82. The smallest absolute Gasteiger partial charge is 0.264 e. The first kappa shape index (κ1) is 31.3. The molecule has 0 radical (unpaired) electrons. The van der Waals surface area contributed by atoms with Crippen LogP contribution in [0.2, 0.25) is 0 Å². The van der Waals surface area contributed by atoms with E-state index in [2.05, 4.69) is 16.7 Å². The van der Waals surface area contributed by atoms with Gasteiger partial charge in [-0.3, -0.25) is 34.9 Å². The van der Waals surface area contributed by atoms with Crippen molar-refractivity contribution in [2.75, 3.05) is 28.4 Å². The molecule has 0 aliphatic rings. The second-order valence-electron chi connectivity index (χ2n) is 2.38. The van der Waals surface area contributed by atoms with Gasteiger partial charge in [-0.15, -0.1) is 0 Å². The molecule has 0 aromatic heterocycles. The Morgan fingerprint density at radius 2 is 0.458 bits per heavy atom. The highest BCUT2D eigenvalue weighted by molar-refractivity contribution is 7.81. The van der Waals surface area contributed by atoms with Crippen LogP contribution in [0.15, 0.2) is 0 Å². The standard InChI is InChI=1S/4CH4O4S/c4*1-5-6(2,3)4/h4*1H3,(H,2,3,4). The molecule has 0 saturated carbocycles.